The fraction of sp³-hybridized carbons (Fsp3) is 0.400. The van der Waals surface area contributed by atoms with Crippen LogP contribution in [0.3, 0.4) is 0 Å². The van der Waals surface area contributed by atoms with Crippen LogP contribution in [-0.4, -0.2) is 58.6 Å². The molecule has 2 unspecified atom stereocenters. The number of likely N-dealkylation sites (tertiary alicyclic amines) is 1. The predicted molar refractivity (Wildman–Crippen MR) is 123 cm³/mol. The first kappa shape index (κ1) is 26.2. The number of carboxylic acid groups (broad SMARTS) is 1. The lowest BCUT2D eigenvalue weighted by Gasteiger charge is -2.47. The van der Waals surface area contributed by atoms with Gasteiger partial charge in [-0.25, -0.2) is 4.79 Å². The second kappa shape index (κ2) is 10.5. The minimum Gasteiger partial charge on any atom is -0.480 e. The normalized spacial score (nSPS) is 23.6. The molecule has 1 saturated heterocycles. The van der Waals surface area contributed by atoms with Gasteiger partial charge in [-0.2, -0.15) is 13.2 Å². The Bertz CT molecular complexity index is 1080. The molecule has 1 heterocycles. The molecule has 10 heteroatoms. The predicted octanol–water partition coefficient (Wildman–Crippen LogP) is 2.81. The van der Waals surface area contributed by atoms with E-state index in [4.69, 9.17) is 5.73 Å². The molecule has 35 heavy (non-hydrogen) atoms. The van der Waals surface area contributed by atoms with Gasteiger partial charge in [-0.15, -0.1) is 0 Å². The molecule has 0 aromatic heterocycles. The number of carbonyl (C=O) groups excluding carboxylic acids is 2. The van der Waals surface area contributed by atoms with Crippen LogP contribution in [0.15, 0.2) is 54.6 Å². The van der Waals surface area contributed by atoms with Crippen LogP contribution in [-0.2, 0) is 20.8 Å². The quantitative estimate of drug-likeness (QED) is 0.552. The molecule has 5 atom stereocenters. The Morgan fingerprint density at radius 3 is 2.29 bits per heavy atom. The van der Waals surface area contributed by atoms with Crippen molar-refractivity contribution >= 4 is 17.8 Å². The average Bonchev–Trinajstić information content (AvgIpc) is 2.78. The highest BCUT2D eigenvalue weighted by atomic mass is 19.4. The molecule has 2 amide bonds. The van der Waals surface area contributed by atoms with Crippen molar-refractivity contribution in [2.24, 2.45) is 5.73 Å². The van der Waals surface area contributed by atoms with Crippen LogP contribution in [0, 0.1) is 0 Å². The third-order valence-corrected chi connectivity index (χ3v) is 6.34. The Morgan fingerprint density at radius 2 is 1.71 bits per heavy atom. The highest BCUT2D eigenvalue weighted by Crippen LogP contribution is 2.44. The van der Waals surface area contributed by atoms with Gasteiger partial charge in [0.25, 0.3) is 0 Å². The second-order valence-corrected chi connectivity index (χ2v) is 8.85. The largest absolute Gasteiger partial charge is 0.480 e. The van der Waals surface area contributed by atoms with E-state index in [-0.39, 0.29) is 6.42 Å². The Labute approximate surface area is 201 Å². The van der Waals surface area contributed by atoms with Crippen molar-refractivity contribution < 1.29 is 32.7 Å². The highest BCUT2D eigenvalue weighted by Gasteiger charge is 2.49. The summed E-state index contributed by atoms with van der Waals surface area (Å²) in [5.41, 5.74) is 8.25. The Kier molecular flexibility index (Phi) is 7.84. The van der Waals surface area contributed by atoms with E-state index in [9.17, 15) is 32.7 Å². The van der Waals surface area contributed by atoms with E-state index >= 15 is 0 Å². The summed E-state index contributed by atoms with van der Waals surface area (Å²) in [4.78, 5) is 36.8. The number of aliphatic carboxylic acids is 1. The molecule has 0 spiro atoms. The van der Waals surface area contributed by atoms with Gasteiger partial charge in [-0.05, 0) is 23.6 Å². The van der Waals surface area contributed by atoms with Crippen LogP contribution < -0.4 is 11.1 Å². The number of benzene rings is 2. The number of nitrogens with two attached hydrogens (primary N) is 1. The van der Waals surface area contributed by atoms with Gasteiger partial charge in [-0.3, -0.25) is 9.59 Å². The van der Waals surface area contributed by atoms with E-state index < -0.39 is 60.5 Å². The lowest BCUT2D eigenvalue weighted by atomic mass is 9.70. The zero-order chi connectivity index (χ0) is 25.9. The minimum atomic E-state index is -4.58. The third kappa shape index (κ3) is 6.19. The van der Waals surface area contributed by atoms with E-state index in [0.717, 1.165) is 10.5 Å². The Hall–Kier alpha value is -3.40. The standard InChI is InChI=1S/C25H28F3N3O4/c1-14-20(17-8-4-3-5-9-17)21(22(29)23(33)31(14)13-25(26,27)28)18-10-6-7-16(11-18)12-19(24(34)35)30-15(2)32/h3-11,14,19-22H,12-13,29H2,1-2H3,(H,30,32)(H,34,35)/t14-,19+,20-,21?,22?/m1/s1. The van der Waals surface area contributed by atoms with Crippen LogP contribution >= 0.6 is 0 Å². The molecule has 0 radical (unpaired) electrons. The number of hydrogen-bond acceptors (Lipinski definition) is 4. The summed E-state index contributed by atoms with van der Waals surface area (Å²) < 4.78 is 39.8. The maximum Gasteiger partial charge on any atom is 0.406 e. The molecule has 188 valence electrons. The highest BCUT2D eigenvalue weighted by molar-refractivity contribution is 5.85. The molecule has 1 aliphatic rings. The summed E-state index contributed by atoms with van der Waals surface area (Å²) in [6.07, 6.45) is -4.59. The second-order valence-electron chi connectivity index (χ2n) is 8.85. The van der Waals surface area contributed by atoms with Crippen molar-refractivity contribution in [1.29, 1.82) is 0 Å². The molecule has 7 nitrogen and oxygen atoms in total. The molecule has 4 N–H and O–H groups in total. The molecule has 0 aliphatic carbocycles. The monoisotopic (exact) mass is 491 g/mol. The molecular formula is C25H28F3N3O4. The first-order valence-corrected chi connectivity index (χ1v) is 11.2. The van der Waals surface area contributed by atoms with E-state index in [1.165, 1.54) is 6.92 Å². The first-order valence-electron chi connectivity index (χ1n) is 11.2. The van der Waals surface area contributed by atoms with Gasteiger partial charge in [0.2, 0.25) is 11.8 Å². The van der Waals surface area contributed by atoms with Gasteiger partial charge in [-0.1, -0.05) is 54.6 Å². The smallest absolute Gasteiger partial charge is 0.406 e. The maximum absolute atomic E-state index is 13.3. The van der Waals surface area contributed by atoms with Crippen molar-refractivity contribution in [3.05, 3.63) is 71.3 Å². The summed E-state index contributed by atoms with van der Waals surface area (Å²) in [6, 6.07) is 12.5. The number of nitrogens with zero attached hydrogens (tertiary/aromatic N) is 1. The Morgan fingerprint density at radius 1 is 1.09 bits per heavy atom. The van der Waals surface area contributed by atoms with Crippen LogP contribution in [0.2, 0.25) is 0 Å². The van der Waals surface area contributed by atoms with Gasteiger partial charge >= 0.3 is 12.1 Å². The summed E-state index contributed by atoms with van der Waals surface area (Å²) in [5.74, 6) is -3.66. The fourth-order valence-electron chi connectivity index (χ4n) is 4.86. The Balaban J connectivity index is 2.03. The number of nitrogens with one attached hydrogen (secondary N) is 1. The number of halogens is 3. The van der Waals surface area contributed by atoms with E-state index in [1.807, 2.05) is 0 Å². The van der Waals surface area contributed by atoms with Crippen molar-refractivity contribution in [3.8, 4) is 0 Å². The van der Waals surface area contributed by atoms with Gasteiger partial charge in [0.15, 0.2) is 0 Å². The summed E-state index contributed by atoms with van der Waals surface area (Å²) in [7, 11) is 0. The zero-order valence-corrected chi connectivity index (χ0v) is 19.3. The van der Waals surface area contributed by atoms with E-state index in [1.54, 1.807) is 61.5 Å². The molecule has 0 bridgehead atoms. The molecule has 1 fully saturated rings. The number of alkyl halides is 3. The third-order valence-electron chi connectivity index (χ3n) is 6.34. The van der Waals surface area contributed by atoms with E-state index in [2.05, 4.69) is 5.32 Å². The van der Waals surface area contributed by atoms with Crippen LogP contribution in [0.25, 0.3) is 0 Å². The number of amides is 2. The average molecular weight is 492 g/mol. The summed E-state index contributed by atoms with van der Waals surface area (Å²) in [6.45, 7) is 1.41. The van der Waals surface area contributed by atoms with Gasteiger partial charge < -0.3 is 21.1 Å². The number of hydrogen-bond donors (Lipinski definition) is 3. The van der Waals surface area contributed by atoms with E-state index in [0.29, 0.717) is 11.1 Å². The van der Waals surface area contributed by atoms with Crippen molar-refractivity contribution in [3.63, 3.8) is 0 Å². The number of carbonyl (C=O) groups is 3. The summed E-state index contributed by atoms with van der Waals surface area (Å²) in [5, 5.41) is 11.8. The fourth-order valence-corrected chi connectivity index (χ4v) is 4.86. The minimum absolute atomic E-state index is 0.00951. The molecule has 0 saturated carbocycles. The number of piperidine rings is 1. The van der Waals surface area contributed by atoms with Gasteiger partial charge in [0, 0.05) is 31.2 Å². The topological polar surface area (TPSA) is 113 Å². The first-order chi connectivity index (χ1) is 16.4. The number of rotatable bonds is 7. The SMILES string of the molecule is CC(=O)N[C@@H](Cc1cccc(C2C(N)C(=O)N(CC(F)(F)F)[C@H](C)[C@@H]2c2ccccc2)c1)C(=O)O. The molecule has 1 aliphatic heterocycles. The van der Waals surface area contributed by atoms with Gasteiger partial charge in [0.1, 0.15) is 12.6 Å². The lowest BCUT2D eigenvalue weighted by molar-refractivity contribution is -0.171. The zero-order valence-electron chi connectivity index (χ0n) is 19.3. The number of carboxylic acids is 1. The molecule has 2 aromatic rings. The van der Waals surface area contributed by atoms with Gasteiger partial charge in [0.05, 0.1) is 6.04 Å². The van der Waals surface area contributed by atoms with Crippen molar-refractivity contribution in [1.82, 2.24) is 10.2 Å². The van der Waals surface area contributed by atoms with Crippen molar-refractivity contribution in [2.75, 3.05) is 6.54 Å². The molecule has 3 rings (SSSR count). The lowest BCUT2D eigenvalue weighted by Crippen LogP contribution is -2.61. The molecule has 2 aromatic carbocycles. The maximum atomic E-state index is 13.3. The molecular weight excluding hydrogens is 463 g/mol. The van der Waals surface area contributed by atoms with Crippen LogP contribution in [0.4, 0.5) is 13.2 Å². The van der Waals surface area contributed by atoms with Crippen molar-refractivity contribution in [2.45, 2.75) is 56.4 Å². The van der Waals surface area contributed by atoms with Crippen LogP contribution in [0.5, 0.6) is 0 Å². The summed E-state index contributed by atoms with van der Waals surface area (Å²) >= 11 is 0. The van der Waals surface area contributed by atoms with Crippen LogP contribution in [0.1, 0.15) is 42.4 Å².